The van der Waals surface area contributed by atoms with Crippen LogP contribution in [0.3, 0.4) is 0 Å². The SMILES string of the molecule is CCCn1c(=O)[nH]c(=O)c2c(C(=O)N(C)Cc3ccc(Cl)nc3)cc(C3CC3)nc21. The van der Waals surface area contributed by atoms with Crippen LogP contribution in [-0.4, -0.2) is 37.4 Å². The number of hydrogen-bond donors (Lipinski definition) is 1. The zero-order valence-electron chi connectivity index (χ0n) is 16.8. The smallest absolute Gasteiger partial charge is 0.329 e. The minimum absolute atomic E-state index is 0.151. The third kappa shape index (κ3) is 3.87. The molecule has 4 rings (SSSR count). The van der Waals surface area contributed by atoms with E-state index in [-0.39, 0.29) is 28.4 Å². The molecule has 30 heavy (non-hydrogen) atoms. The average Bonchev–Trinajstić information content (AvgIpc) is 3.56. The summed E-state index contributed by atoms with van der Waals surface area (Å²) in [5.41, 5.74) is 1.00. The van der Waals surface area contributed by atoms with Gasteiger partial charge in [-0.1, -0.05) is 24.6 Å². The maximum absolute atomic E-state index is 13.3. The second-order valence-corrected chi connectivity index (χ2v) is 8.02. The molecule has 1 N–H and O–H groups in total. The summed E-state index contributed by atoms with van der Waals surface area (Å²) in [6.07, 6.45) is 4.28. The van der Waals surface area contributed by atoms with Crippen LogP contribution in [0.1, 0.15) is 53.7 Å². The number of carbonyl (C=O) groups is 1. The van der Waals surface area contributed by atoms with Crippen LogP contribution >= 0.6 is 11.6 Å². The summed E-state index contributed by atoms with van der Waals surface area (Å²) in [5, 5.41) is 0.529. The Labute approximate surface area is 177 Å². The average molecular weight is 428 g/mol. The molecule has 1 aliphatic carbocycles. The van der Waals surface area contributed by atoms with E-state index in [2.05, 4.69) is 15.0 Å². The number of aromatic nitrogens is 4. The number of nitrogens with one attached hydrogen (secondary N) is 1. The summed E-state index contributed by atoms with van der Waals surface area (Å²) in [7, 11) is 1.66. The van der Waals surface area contributed by atoms with E-state index in [9.17, 15) is 14.4 Å². The highest BCUT2D eigenvalue weighted by atomic mass is 35.5. The molecule has 1 aliphatic rings. The van der Waals surface area contributed by atoms with Crippen LogP contribution in [0.25, 0.3) is 11.0 Å². The molecule has 0 aromatic carbocycles. The lowest BCUT2D eigenvalue weighted by Gasteiger charge is -2.19. The fourth-order valence-corrected chi connectivity index (χ4v) is 3.64. The molecule has 1 saturated carbocycles. The van der Waals surface area contributed by atoms with Crippen LogP contribution in [-0.2, 0) is 13.1 Å². The fourth-order valence-electron chi connectivity index (χ4n) is 3.53. The zero-order valence-corrected chi connectivity index (χ0v) is 17.6. The normalized spacial score (nSPS) is 13.6. The van der Waals surface area contributed by atoms with Gasteiger partial charge in [0.1, 0.15) is 5.15 Å². The first-order chi connectivity index (χ1) is 14.4. The second kappa shape index (κ2) is 8.02. The van der Waals surface area contributed by atoms with Gasteiger partial charge < -0.3 is 4.90 Å². The number of H-pyrrole nitrogens is 1. The van der Waals surface area contributed by atoms with E-state index < -0.39 is 11.2 Å². The molecule has 0 radical (unpaired) electrons. The Morgan fingerprint density at radius 1 is 1.33 bits per heavy atom. The molecule has 3 aromatic rings. The molecule has 1 amide bonds. The Hall–Kier alpha value is -3.00. The van der Waals surface area contributed by atoms with E-state index in [1.165, 1.54) is 9.47 Å². The van der Waals surface area contributed by atoms with Gasteiger partial charge in [-0.15, -0.1) is 0 Å². The van der Waals surface area contributed by atoms with Crippen molar-refractivity contribution in [1.82, 2.24) is 24.4 Å². The molecule has 3 aromatic heterocycles. The number of halogens is 1. The number of rotatable bonds is 6. The van der Waals surface area contributed by atoms with Gasteiger partial charge in [0.05, 0.1) is 10.9 Å². The van der Waals surface area contributed by atoms with Crippen molar-refractivity contribution in [2.75, 3.05) is 7.05 Å². The van der Waals surface area contributed by atoms with Crippen molar-refractivity contribution in [1.29, 1.82) is 0 Å². The maximum atomic E-state index is 13.3. The number of carbonyl (C=O) groups excluding carboxylic acids is 1. The third-order valence-corrected chi connectivity index (χ3v) is 5.42. The van der Waals surface area contributed by atoms with Crippen LogP contribution in [0, 0.1) is 0 Å². The minimum Gasteiger partial charge on any atom is -0.337 e. The fraction of sp³-hybridized carbons (Fsp3) is 0.381. The molecule has 8 nitrogen and oxygen atoms in total. The van der Waals surface area contributed by atoms with Crippen molar-refractivity contribution in [2.45, 2.75) is 45.2 Å². The van der Waals surface area contributed by atoms with E-state index in [4.69, 9.17) is 11.6 Å². The Morgan fingerprint density at radius 2 is 2.10 bits per heavy atom. The first-order valence-electron chi connectivity index (χ1n) is 9.92. The van der Waals surface area contributed by atoms with E-state index in [1.807, 2.05) is 6.92 Å². The summed E-state index contributed by atoms with van der Waals surface area (Å²) in [6.45, 7) is 2.65. The standard InChI is InChI=1S/C21H22ClN5O3/c1-3-8-27-18-17(19(28)25-21(27)30)14(9-15(24-18)13-5-6-13)20(29)26(2)11-12-4-7-16(22)23-10-12/h4,7,9-10,13H,3,5-6,8,11H2,1-2H3,(H,25,28,30). The number of fused-ring (bicyclic) bond motifs is 1. The second-order valence-electron chi connectivity index (χ2n) is 7.63. The van der Waals surface area contributed by atoms with E-state index >= 15 is 0 Å². The molecule has 0 unspecified atom stereocenters. The van der Waals surface area contributed by atoms with Crippen LogP contribution in [0.5, 0.6) is 0 Å². The van der Waals surface area contributed by atoms with Gasteiger partial charge >= 0.3 is 5.69 Å². The molecular weight excluding hydrogens is 406 g/mol. The molecule has 9 heteroatoms. The van der Waals surface area contributed by atoms with E-state index in [0.29, 0.717) is 24.7 Å². The Bertz CT molecular complexity index is 1230. The van der Waals surface area contributed by atoms with Gasteiger partial charge in [-0.2, -0.15) is 0 Å². The molecule has 0 aliphatic heterocycles. The van der Waals surface area contributed by atoms with Crippen molar-refractivity contribution in [3.63, 3.8) is 0 Å². The van der Waals surface area contributed by atoms with Gasteiger partial charge in [0.25, 0.3) is 11.5 Å². The first-order valence-corrected chi connectivity index (χ1v) is 10.3. The van der Waals surface area contributed by atoms with Crippen LogP contribution < -0.4 is 11.2 Å². The Morgan fingerprint density at radius 3 is 2.73 bits per heavy atom. The summed E-state index contributed by atoms with van der Waals surface area (Å²) in [4.78, 5) is 50.9. The van der Waals surface area contributed by atoms with Crippen molar-refractivity contribution in [3.05, 3.63) is 67.2 Å². The first kappa shape index (κ1) is 20.3. The topological polar surface area (TPSA) is 101 Å². The van der Waals surface area contributed by atoms with Crippen molar-refractivity contribution < 1.29 is 4.79 Å². The number of hydrogen-bond acceptors (Lipinski definition) is 5. The summed E-state index contributed by atoms with van der Waals surface area (Å²) in [6, 6.07) is 5.16. The highest BCUT2D eigenvalue weighted by Crippen LogP contribution is 2.40. The quantitative estimate of drug-likeness (QED) is 0.609. The molecular formula is C21H22ClN5O3. The molecule has 0 bridgehead atoms. The zero-order chi connectivity index (χ0) is 21.4. The predicted molar refractivity (Wildman–Crippen MR) is 114 cm³/mol. The van der Waals surface area contributed by atoms with Crippen molar-refractivity contribution in [3.8, 4) is 0 Å². The van der Waals surface area contributed by atoms with Gasteiger partial charge in [-0.05, 0) is 37.0 Å². The van der Waals surface area contributed by atoms with Crippen molar-refractivity contribution in [2.24, 2.45) is 0 Å². The summed E-state index contributed by atoms with van der Waals surface area (Å²) in [5.74, 6) is -0.0531. The molecule has 3 heterocycles. The van der Waals surface area contributed by atoms with Crippen LogP contribution in [0.4, 0.5) is 0 Å². The third-order valence-electron chi connectivity index (χ3n) is 5.20. The number of aromatic amines is 1. The number of amides is 1. The Kier molecular flexibility index (Phi) is 5.42. The number of nitrogens with zero attached hydrogens (tertiary/aromatic N) is 4. The van der Waals surface area contributed by atoms with E-state index in [1.54, 1.807) is 31.4 Å². The predicted octanol–water partition coefficient (Wildman–Crippen LogP) is 2.69. The largest absolute Gasteiger partial charge is 0.337 e. The lowest BCUT2D eigenvalue weighted by atomic mass is 10.1. The minimum atomic E-state index is -0.595. The van der Waals surface area contributed by atoms with Crippen LogP contribution in [0.15, 0.2) is 34.0 Å². The highest BCUT2D eigenvalue weighted by molar-refractivity contribution is 6.29. The van der Waals surface area contributed by atoms with Gasteiger partial charge in [-0.25, -0.2) is 14.8 Å². The van der Waals surface area contributed by atoms with Gasteiger partial charge in [0.2, 0.25) is 0 Å². The Balaban J connectivity index is 1.83. The van der Waals surface area contributed by atoms with E-state index in [0.717, 1.165) is 24.1 Å². The molecule has 1 fully saturated rings. The lowest BCUT2D eigenvalue weighted by Crippen LogP contribution is -2.34. The van der Waals surface area contributed by atoms with Gasteiger partial charge in [-0.3, -0.25) is 19.1 Å². The highest BCUT2D eigenvalue weighted by Gasteiger charge is 2.29. The number of aryl methyl sites for hydroxylation is 1. The summed E-state index contributed by atoms with van der Waals surface area (Å²) < 4.78 is 1.45. The lowest BCUT2D eigenvalue weighted by molar-refractivity contribution is 0.0786. The monoisotopic (exact) mass is 427 g/mol. The van der Waals surface area contributed by atoms with Gasteiger partial charge in [0.15, 0.2) is 5.65 Å². The number of pyridine rings is 2. The maximum Gasteiger partial charge on any atom is 0.329 e. The van der Waals surface area contributed by atoms with Crippen LogP contribution in [0.2, 0.25) is 5.15 Å². The molecule has 0 spiro atoms. The summed E-state index contributed by atoms with van der Waals surface area (Å²) >= 11 is 5.83. The van der Waals surface area contributed by atoms with Crippen molar-refractivity contribution >= 4 is 28.5 Å². The molecule has 0 atom stereocenters. The van der Waals surface area contributed by atoms with Gasteiger partial charge in [0, 0.05) is 37.9 Å². The molecule has 156 valence electrons. The molecule has 0 saturated heterocycles.